The maximum Gasteiger partial charge on any atom is 0.513 e. The van der Waals surface area contributed by atoms with Crippen LogP contribution in [0.2, 0.25) is 0 Å². The van der Waals surface area contributed by atoms with Crippen LogP contribution in [-0.2, 0) is 23.8 Å². The smallest absolute Gasteiger partial charge is 0.494 e. The van der Waals surface area contributed by atoms with Crippen molar-refractivity contribution in [2.75, 3.05) is 26.4 Å². The van der Waals surface area contributed by atoms with Crippen LogP contribution >= 0.6 is 0 Å². The Balaban J connectivity index is 1.38. The SMILES string of the molecule is C=COC(=O)CCCOc1ccc(C(=O)Oc2ccc(-c3ccc(OC(=O)OCCCCOC(=O)C(=C)CO)cc3)cc2)cc1. The lowest BCUT2D eigenvalue weighted by Crippen LogP contribution is -2.13. The minimum Gasteiger partial charge on any atom is -0.494 e. The summed E-state index contributed by atoms with van der Waals surface area (Å²) >= 11 is 0. The summed E-state index contributed by atoms with van der Waals surface area (Å²) in [4.78, 5) is 47.2. The fourth-order valence-electron chi connectivity index (χ4n) is 3.66. The first-order chi connectivity index (χ1) is 21.8. The average Bonchev–Trinajstić information content (AvgIpc) is 3.05. The van der Waals surface area contributed by atoms with Crippen LogP contribution in [0.3, 0.4) is 0 Å². The van der Waals surface area contributed by atoms with Crippen LogP contribution in [0.1, 0.15) is 36.0 Å². The maximum atomic E-state index is 12.6. The quantitative estimate of drug-likeness (QED) is 0.0372. The Kier molecular flexibility index (Phi) is 13.8. The Morgan fingerprint density at radius 2 is 1.24 bits per heavy atom. The van der Waals surface area contributed by atoms with E-state index in [0.717, 1.165) is 17.4 Å². The highest BCUT2D eigenvalue weighted by atomic mass is 16.7. The molecule has 0 aromatic heterocycles. The van der Waals surface area contributed by atoms with E-state index in [1.165, 1.54) is 0 Å². The topological polar surface area (TPSA) is 144 Å². The Hall–Kier alpha value is -5.42. The summed E-state index contributed by atoms with van der Waals surface area (Å²) in [5.74, 6) is -0.337. The average molecular weight is 619 g/mol. The van der Waals surface area contributed by atoms with Crippen LogP contribution in [0, 0.1) is 0 Å². The van der Waals surface area contributed by atoms with Crippen molar-refractivity contribution in [3.05, 3.63) is 103 Å². The fourth-order valence-corrected chi connectivity index (χ4v) is 3.66. The molecule has 0 fully saturated rings. The first-order valence-corrected chi connectivity index (χ1v) is 14.1. The third-order valence-corrected chi connectivity index (χ3v) is 6.02. The van der Waals surface area contributed by atoms with Crippen molar-refractivity contribution in [3.8, 4) is 28.4 Å². The second-order valence-corrected chi connectivity index (χ2v) is 9.38. The summed E-state index contributed by atoms with van der Waals surface area (Å²) in [6.45, 7) is 6.76. The number of esters is 3. The number of aliphatic hydroxyl groups is 1. The molecular weight excluding hydrogens is 584 g/mol. The van der Waals surface area contributed by atoms with E-state index in [4.69, 9.17) is 28.8 Å². The lowest BCUT2D eigenvalue weighted by Gasteiger charge is -2.09. The molecule has 0 spiro atoms. The van der Waals surface area contributed by atoms with Gasteiger partial charge >= 0.3 is 24.1 Å². The van der Waals surface area contributed by atoms with Crippen LogP contribution in [0.5, 0.6) is 17.2 Å². The standard InChI is InChI=1S/C34H34O11/c1-3-40-31(36)7-6-22-41-28-14-12-27(13-15-28)33(38)44-29-16-8-25(9-17-29)26-10-18-30(19-11-26)45-34(39)43-21-5-4-20-42-32(37)24(2)23-35/h3,8-19,35H,1-2,4-7,20-23H2. The van der Waals surface area contributed by atoms with Gasteiger partial charge in [0.15, 0.2) is 0 Å². The van der Waals surface area contributed by atoms with Gasteiger partial charge in [-0.1, -0.05) is 37.4 Å². The molecule has 0 heterocycles. The highest BCUT2D eigenvalue weighted by Crippen LogP contribution is 2.25. The molecule has 3 rings (SSSR count). The monoisotopic (exact) mass is 618 g/mol. The molecular formula is C34H34O11. The van der Waals surface area contributed by atoms with Crippen molar-refractivity contribution >= 4 is 24.1 Å². The Labute approximate surface area is 260 Å². The Bertz CT molecular complexity index is 1440. The van der Waals surface area contributed by atoms with Gasteiger partial charge in [-0.25, -0.2) is 14.4 Å². The van der Waals surface area contributed by atoms with Crippen LogP contribution in [0.15, 0.2) is 97.8 Å². The third-order valence-electron chi connectivity index (χ3n) is 6.02. The molecule has 0 aliphatic heterocycles. The number of benzene rings is 3. The van der Waals surface area contributed by atoms with Crippen LogP contribution in [0.4, 0.5) is 4.79 Å². The first-order valence-electron chi connectivity index (χ1n) is 14.1. The molecule has 0 aliphatic carbocycles. The summed E-state index contributed by atoms with van der Waals surface area (Å²) in [7, 11) is 0. The molecule has 0 amide bonds. The first kappa shape index (κ1) is 34.1. The summed E-state index contributed by atoms with van der Waals surface area (Å²) < 4.78 is 30.8. The van der Waals surface area contributed by atoms with E-state index in [1.54, 1.807) is 72.8 Å². The van der Waals surface area contributed by atoms with Crippen molar-refractivity contribution in [2.45, 2.75) is 25.7 Å². The number of rotatable bonds is 17. The number of hydrogen-bond acceptors (Lipinski definition) is 11. The molecule has 1 N–H and O–H groups in total. The van der Waals surface area contributed by atoms with Gasteiger partial charge in [0.05, 0.1) is 43.8 Å². The maximum absolute atomic E-state index is 12.6. The van der Waals surface area contributed by atoms with Gasteiger partial charge in [-0.05, 0) is 78.9 Å². The summed E-state index contributed by atoms with van der Waals surface area (Å²) in [5.41, 5.74) is 2.03. The molecule has 0 unspecified atom stereocenters. The molecule has 3 aromatic rings. The summed E-state index contributed by atoms with van der Waals surface area (Å²) in [6.07, 6.45) is 1.85. The lowest BCUT2D eigenvalue weighted by molar-refractivity contribution is -0.140. The van der Waals surface area contributed by atoms with Crippen molar-refractivity contribution in [1.82, 2.24) is 0 Å². The van der Waals surface area contributed by atoms with Gasteiger partial charge in [0.25, 0.3) is 0 Å². The molecule has 3 aromatic carbocycles. The molecule has 236 valence electrons. The minimum atomic E-state index is -0.857. The molecule has 0 atom stereocenters. The van der Waals surface area contributed by atoms with E-state index in [1.807, 2.05) is 0 Å². The van der Waals surface area contributed by atoms with Crippen LogP contribution < -0.4 is 14.2 Å². The van der Waals surface area contributed by atoms with E-state index in [0.29, 0.717) is 48.7 Å². The van der Waals surface area contributed by atoms with Crippen molar-refractivity contribution < 1.29 is 52.7 Å². The molecule has 11 nitrogen and oxygen atoms in total. The number of unbranched alkanes of at least 4 members (excludes halogenated alkanes) is 1. The second-order valence-electron chi connectivity index (χ2n) is 9.38. The van der Waals surface area contributed by atoms with Gasteiger partial charge in [0.1, 0.15) is 17.2 Å². The minimum absolute atomic E-state index is 0.0231. The zero-order chi connectivity index (χ0) is 32.4. The highest BCUT2D eigenvalue weighted by Gasteiger charge is 2.11. The van der Waals surface area contributed by atoms with Gasteiger partial charge < -0.3 is 33.5 Å². The largest absolute Gasteiger partial charge is 0.513 e. The zero-order valence-corrected chi connectivity index (χ0v) is 24.6. The molecule has 0 saturated carbocycles. The molecule has 45 heavy (non-hydrogen) atoms. The van der Waals surface area contributed by atoms with E-state index in [9.17, 15) is 19.2 Å². The second kappa shape index (κ2) is 18.3. The van der Waals surface area contributed by atoms with E-state index >= 15 is 0 Å². The van der Waals surface area contributed by atoms with Crippen LogP contribution in [-0.4, -0.2) is 55.6 Å². The zero-order valence-electron chi connectivity index (χ0n) is 24.6. The van der Waals surface area contributed by atoms with E-state index < -0.39 is 24.7 Å². The fraction of sp³-hybridized carbons (Fsp3) is 0.235. The molecule has 0 radical (unpaired) electrons. The molecule has 0 aliphatic rings. The number of hydrogen-bond donors (Lipinski definition) is 1. The molecule has 11 heteroatoms. The van der Waals surface area contributed by atoms with E-state index in [-0.39, 0.29) is 31.2 Å². The Morgan fingerprint density at radius 3 is 1.82 bits per heavy atom. The van der Waals surface area contributed by atoms with Gasteiger partial charge in [-0.15, -0.1) is 0 Å². The third kappa shape index (κ3) is 12.0. The van der Waals surface area contributed by atoms with Gasteiger partial charge in [-0.3, -0.25) is 4.79 Å². The van der Waals surface area contributed by atoms with Crippen LogP contribution in [0.25, 0.3) is 11.1 Å². The Morgan fingerprint density at radius 1 is 0.689 bits per heavy atom. The predicted molar refractivity (Wildman–Crippen MR) is 163 cm³/mol. The molecule has 0 bridgehead atoms. The highest BCUT2D eigenvalue weighted by molar-refractivity contribution is 5.91. The number of aliphatic hydroxyl groups excluding tert-OH is 1. The van der Waals surface area contributed by atoms with E-state index in [2.05, 4.69) is 17.9 Å². The van der Waals surface area contributed by atoms with Crippen molar-refractivity contribution in [2.24, 2.45) is 0 Å². The van der Waals surface area contributed by atoms with Gasteiger partial charge in [-0.2, -0.15) is 0 Å². The van der Waals surface area contributed by atoms with Crippen molar-refractivity contribution in [1.29, 1.82) is 0 Å². The lowest BCUT2D eigenvalue weighted by atomic mass is 10.1. The predicted octanol–water partition coefficient (Wildman–Crippen LogP) is 5.81. The summed E-state index contributed by atoms with van der Waals surface area (Å²) in [6, 6.07) is 20.2. The summed E-state index contributed by atoms with van der Waals surface area (Å²) in [5, 5.41) is 8.82. The normalized spacial score (nSPS) is 10.2. The molecule has 0 saturated heterocycles. The number of ether oxygens (including phenoxy) is 6. The van der Waals surface area contributed by atoms with Crippen molar-refractivity contribution in [3.63, 3.8) is 0 Å². The number of carbonyl (C=O) groups is 4. The van der Waals surface area contributed by atoms with Gasteiger partial charge in [0.2, 0.25) is 0 Å². The van der Waals surface area contributed by atoms with Gasteiger partial charge in [0, 0.05) is 6.42 Å². The number of carbonyl (C=O) groups excluding carboxylic acids is 4.